The van der Waals surface area contributed by atoms with Gasteiger partial charge in [0.25, 0.3) is 0 Å². The second-order valence-corrected chi connectivity index (χ2v) is 14.0. The van der Waals surface area contributed by atoms with Crippen LogP contribution >= 0.6 is 0 Å². The van der Waals surface area contributed by atoms with Crippen molar-refractivity contribution >= 4 is 42.4 Å². The third-order valence-corrected chi connectivity index (χ3v) is 8.56. The van der Waals surface area contributed by atoms with E-state index in [1.54, 1.807) is 51.1 Å². The molecule has 0 spiro atoms. The van der Waals surface area contributed by atoms with Crippen LogP contribution in [0.15, 0.2) is 53.6 Å². The summed E-state index contributed by atoms with van der Waals surface area (Å²) in [4.78, 5) is 13.7. The molecule has 0 bridgehead atoms. The largest absolute Gasteiger partial charge is 0.344 e. The van der Waals surface area contributed by atoms with Gasteiger partial charge in [0.2, 0.25) is 20.0 Å². The molecule has 3 aromatic rings. The molecule has 1 aliphatic rings. The van der Waals surface area contributed by atoms with Gasteiger partial charge in [0.1, 0.15) is 0 Å². The molecule has 0 unspecified atom stereocenters. The molecule has 0 saturated heterocycles. The summed E-state index contributed by atoms with van der Waals surface area (Å²) in [7, 11) is -7.26. The van der Waals surface area contributed by atoms with Gasteiger partial charge in [-0.3, -0.25) is 9.52 Å². The number of carbonyl (C=O) groups excluding carboxylic acids is 1. The first kappa shape index (κ1) is 26.4. The Hall–Kier alpha value is -2.69. The van der Waals surface area contributed by atoms with Crippen LogP contribution in [-0.4, -0.2) is 39.0 Å². The van der Waals surface area contributed by atoms with Crippen LogP contribution in [0.5, 0.6) is 0 Å². The molecular formula is C26H33N3O5S2. The van der Waals surface area contributed by atoms with Gasteiger partial charge in [-0.25, -0.2) is 21.6 Å². The van der Waals surface area contributed by atoms with E-state index in [0.29, 0.717) is 16.6 Å². The van der Waals surface area contributed by atoms with Gasteiger partial charge in [0.05, 0.1) is 22.4 Å². The van der Waals surface area contributed by atoms with Gasteiger partial charge in [-0.05, 0) is 63.9 Å². The van der Waals surface area contributed by atoms with Crippen LogP contribution in [0.3, 0.4) is 0 Å². The summed E-state index contributed by atoms with van der Waals surface area (Å²) in [6, 6.07) is 11.4. The summed E-state index contributed by atoms with van der Waals surface area (Å²) >= 11 is 0. The highest BCUT2D eigenvalue weighted by molar-refractivity contribution is 7.92. The van der Waals surface area contributed by atoms with Crippen molar-refractivity contribution in [2.24, 2.45) is 0 Å². The van der Waals surface area contributed by atoms with Crippen LogP contribution in [0, 0.1) is 0 Å². The van der Waals surface area contributed by atoms with E-state index in [1.807, 2.05) is 6.20 Å². The molecule has 8 nitrogen and oxygen atoms in total. The van der Waals surface area contributed by atoms with Gasteiger partial charge in [-0.2, -0.15) is 0 Å². The molecule has 1 saturated carbocycles. The highest BCUT2D eigenvalue weighted by Gasteiger charge is 2.25. The number of nitrogens with zero attached hydrogens (tertiary/aromatic N) is 1. The second-order valence-electron chi connectivity index (χ2n) is 10.6. The molecule has 36 heavy (non-hydrogen) atoms. The minimum absolute atomic E-state index is 0.0268. The van der Waals surface area contributed by atoms with Crippen LogP contribution in [0.25, 0.3) is 10.9 Å². The van der Waals surface area contributed by atoms with Gasteiger partial charge in [0, 0.05) is 34.3 Å². The van der Waals surface area contributed by atoms with Crippen LogP contribution in [-0.2, 0) is 20.0 Å². The standard InChI is InChI=1S/C26H33N3O5S2/c1-26(2,3)28-36(33,34)21-12-8-9-18(15-21)25(30)23-17-29(20-10-6-5-7-11-20)24-16-19(13-14-22(23)24)27-35(4,31)32/h8-9,12-17,20,27-28H,5-7,10-11H2,1-4H3. The first-order valence-electron chi connectivity index (χ1n) is 12.0. The fourth-order valence-corrected chi connectivity index (χ4v) is 6.81. The number of nitrogens with one attached hydrogen (secondary N) is 2. The number of sulfonamides is 2. The topological polar surface area (TPSA) is 114 Å². The zero-order valence-corrected chi connectivity index (χ0v) is 22.7. The summed E-state index contributed by atoms with van der Waals surface area (Å²) in [5.41, 5.74) is 1.27. The van der Waals surface area contributed by atoms with Crippen LogP contribution in [0.2, 0.25) is 0 Å². The lowest BCUT2D eigenvalue weighted by Gasteiger charge is -2.24. The van der Waals surface area contributed by atoms with E-state index < -0.39 is 25.6 Å². The molecule has 2 aromatic carbocycles. The van der Waals surface area contributed by atoms with Crippen molar-refractivity contribution in [2.45, 2.75) is 69.4 Å². The molecule has 1 fully saturated rings. The quantitative estimate of drug-likeness (QED) is 0.424. The molecule has 10 heteroatoms. The van der Waals surface area contributed by atoms with Crippen LogP contribution < -0.4 is 9.44 Å². The summed E-state index contributed by atoms with van der Waals surface area (Å²) < 4.78 is 56.5. The Kier molecular flexibility index (Phi) is 7.07. The maximum absolute atomic E-state index is 13.7. The summed E-state index contributed by atoms with van der Waals surface area (Å²) in [6.45, 7) is 5.27. The Labute approximate surface area is 213 Å². The maximum atomic E-state index is 13.7. The molecule has 0 atom stereocenters. The predicted octanol–water partition coefficient (Wildman–Crippen LogP) is 4.83. The molecular weight excluding hydrogens is 498 g/mol. The molecule has 1 aliphatic carbocycles. The van der Waals surface area contributed by atoms with Crippen molar-refractivity contribution in [2.75, 3.05) is 11.0 Å². The van der Waals surface area contributed by atoms with E-state index in [-0.39, 0.29) is 22.3 Å². The lowest BCUT2D eigenvalue weighted by Crippen LogP contribution is -2.40. The third kappa shape index (κ3) is 5.99. The normalized spacial score (nSPS) is 15.8. The van der Waals surface area contributed by atoms with Crippen LogP contribution in [0.4, 0.5) is 5.69 Å². The Morgan fingerprint density at radius 2 is 1.67 bits per heavy atom. The van der Waals surface area contributed by atoms with E-state index in [0.717, 1.165) is 37.5 Å². The number of ketones is 1. The van der Waals surface area contributed by atoms with Crippen molar-refractivity contribution < 1.29 is 21.6 Å². The number of anilines is 1. The Morgan fingerprint density at radius 3 is 2.31 bits per heavy atom. The molecule has 0 radical (unpaired) electrons. The summed E-state index contributed by atoms with van der Waals surface area (Å²) in [5.74, 6) is -0.286. The summed E-state index contributed by atoms with van der Waals surface area (Å²) in [6.07, 6.45) is 8.25. The Balaban J connectivity index is 1.79. The molecule has 2 N–H and O–H groups in total. The minimum atomic E-state index is -3.81. The zero-order valence-electron chi connectivity index (χ0n) is 21.0. The fraction of sp³-hybridized carbons (Fsp3) is 0.423. The van der Waals surface area contributed by atoms with E-state index in [9.17, 15) is 21.6 Å². The zero-order chi connectivity index (χ0) is 26.3. The second kappa shape index (κ2) is 9.64. The lowest BCUT2D eigenvalue weighted by atomic mass is 9.95. The van der Waals surface area contributed by atoms with E-state index in [2.05, 4.69) is 14.0 Å². The Bertz CT molecular complexity index is 1510. The minimum Gasteiger partial charge on any atom is -0.344 e. The number of benzene rings is 2. The van der Waals surface area contributed by atoms with Gasteiger partial charge in [-0.1, -0.05) is 31.4 Å². The van der Waals surface area contributed by atoms with Gasteiger partial charge >= 0.3 is 0 Å². The molecule has 0 aliphatic heterocycles. The average molecular weight is 532 g/mol. The van der Waals surface area contributed by atoms with Crippen molar-refractivity contribution in [3.8, 4) is 0 Å². The molecule has 0 amide bonds. The average Bonchev–Trinajstić information content (AvgIpc) is 3.15. The number of hydrogen-bond donors (Lipinski definition) is 2. The predicted molar refractivity (Wildman–Crippen MR) is 142 cm³/mol. The first-order valence-corrected chi connectivity index (χ1v) is 15.4. The number of aromatic nitrogens is 1. The van der Waals surface area contributed by atoms with E-state index in [1.165, 1.54) is 18.6 Å². The molecule has 1 aromatic heterocycles. The lowest BCUT2D eigenvalue weighted by molar-refractivity contribution is 0.103. The number of carbonyl (C=O) groups is 1. The Morgan fingerprint density at radius 1 is 0.972 bits per heavy atom. The third-order valence-electron chi connectivity index (χ3n) is 6.20. The first-order chi connectivity index (χ1) is 16.7. The molecule has 4 rings (SSSR count). The number of fused-ring (bicyclic) bond motifs is 1. The summed E-state index contributed by atoms with van der Waals surface area (Å²) in [5, 5.41) is 0.700. The van der Waals surface area contributed by atoms with E-state index in [4.69, 9.17) is 0 Å². The maximum Gasteiger partial charge on any atom is 0.241 e. The van der Waals surface area contributed by atoms with Crippen molar-refractivity contribution in [3.63, 3.8) is 0 Å². The highest BCUT2D eigenvalue weighted by atomic mass is 32.2. The monoisotopic (exact) mass is 531 g/mol. The number of rotatable bonds is 7. The SMILES string of the molecule is CC(C)(C)NS(=O)(=O)c1cccc(C(=O)c2cn(C3CCCCC3)c3cc(NS(C)(=O)=O)ccc23)c1. The number of hydrogen-bond acceptors (Lipinski definition) is 5. The molecule has 194 valence electrons. The van der Waals surface area contributed by atoms with Crippen molar-refractivity contribution in [1.82, 2.24) is 9.29 Å². The highest BCUT2D eigenvalue weighted by Crippen LogP contribution is 2.35. The van der Waals surface area contributed by atoms with Crippen LogP contribution in [0.1, 0.15) is 74.8 Å². The van der Waals surface area contributed by atoms with Gasteiger partial charge in [0.15, 0.2) is 5.78 Å². The smallest absolute Gasteiger partial charge is 0.241 e. The molecule has 1 heterocycles. The van der Waals surface area contributed by atoms with Gasteiger partial charge in [-0.15, -0.1) is 0 Å². The fourth-order valence-electron chi connectivity index (χ4n) is 4.79. The van der Waals surface area contributed by atoms with E-state index >= 15 is 0 Å². The van der Waals surface area contributed by atoms with Gasteiger partial charge < -0.3 is 4.57 Å². The van der Waals surface area contributed by atoms with Crippen molar-refractivity contribution in [1.29, 1.82) is 0 Å². The van der Waals surface area contributed by atoms with Crippen molar-refractivity contribution in [3.05, 3.63) is 59.8 Å².